The van der Waals surface area contributed by atoms with Crippen LogP contribution >= 0.6 is 0 Å². The molecule has 9 N–H and O–H groups in total. The number of nitrogens with one attached hydrogen (secondary N) is 4. The van der Waals surface area contributed by atoms with Crippen molar-refractivity contribution < 1.29 is 19.5 Å². The van der Waals surface area contributed by atoms with Crippen molar-refractivity contribution in [3.63, 3.8) is 0 Å². The molecule has 0 bridgehead atoms. The number of aliphatic carboxylic acids is 1. The maximum atomic E-state index is 12.6. The molecule has 0 aliphatic heterocycles. The number of carbonyl (C=O) groups is 3. The molecule has 4 aromatic rings. The highest BCUT2D eigenvalue weighted by Gasteiger charge is 2.22. The van der Waals surface area contributed by atoms with Crippen LogP contribution in [0.5, 0.6) is 0 Å². The highest BCUT2D eigenvalue weighted by Crippen LogP contribution is 2.24. The van der Waals surface area contributed by atoms with Crippen LogP contribution in [0.1, 0.15) is 34.3 Å². The van der Waals surface area contributed by atoms with Gasteiger partial charge in [-0.05, 0) is 47.7 Å². The van der Waals surface area contributed by atoms with E-state index in [4.69, 9.17) is 11.5 Å². The third kappa shape index (κ3) is 5.69. The SMILES string of the molecule is Nc1nc(N)c2c(CCc3ccc(C(=O)N[C@@H](CCC(=O)Nc4nn[nH]n4)C(=O)O)cc3)c[nH]c2n1. The summed E-state index contributed by atoms with van der Waals surface area (Å²) in [5.41, 5.74) is 14.4. The van der Waals surface area contributed by atoms with Crippen molar-refractivity contribution in [3.8, 4) is 0 Å². The van der Waals surface area contributed by atoms with Gasteiger partial charge in [-0.1, -0.05) is 17.2 Å². The van der Waals surface area contributed by atoms with Gasteiger partial charge in [0.1, 0.15) is 17.5 Å². The average Bonchev–Trinajstić information content (AvgIpc) is 3.50. The summed E-state index contributed by atoms with van der Waals surface area (Å²) in [6.07, 6.45) is 2.83. The van der Waals surface area contributed by atoms with E-state index in [1.807, 2.05) is 6.20 Å². The molecule has 0 spiro atoms. The molecule has 3 heterocycles. The number of carboxylic acid groups (broad SMARTS) is 1. The first-order valence-electron chi connectivity index (χ1n) is 10.8. The van der Waals surface area contributed by atoms with Crippen LogP contribution in [-0.2, 0) is 22.4 Å². The Bertz CT molecular complexity index is 1380. The number of aryl methyl sites for hydroxylation is 2. The van der Waals surface area contributed by atoms with Gasteiger partial charge >= 0.3 is 5.97 Å². The van der Waals surface area contributed by atoms with Crippen molar-refractivity contribution in [2.24, 2.45) is 0 Å². The molecule has 1 aromatic carbocycles. The van der Waals surface area contributed by atoms with Crippen LogP contribution < -0.4 is 22.1 Å². The molecule has 15 heteroatoms. The standard InChI is InChI=1S/C21H23N11O4/c22-16-15-12(9-24-17(15)28-20(23)27-16)6-3-10-1-4-11(5-2-10)18(34)25-13(19(35)36)7-8-14(33)26-21-29-31-32-30-21/h1-2,4-5,9,13H,3,6-8H2,(H,25,34)(H,35,36)(H5,22,23,24,27,28)(H2,26,29,30,31,32,33)/t13-/m0/s1. The van der Waals surface area contributed by atoms with Crippen LogP contribution in [0.2, 0.25) is 0 Å². The molecule has 0 aliphatic rings. The summed E-state index contributed by atoms with van der Waals surface area (Å²) in [7, 11) is 0. The lowest BCUT2D eigenvalue weighted by Gasteiger charge is -2.14. The van der Waals surface area contributed by atoms with Gasteiger partial charge < -0.3 is 26.9 Å². The van der Waals surface area contributed by atoms with E-state index in [2.05, 4.69) is 46.2 Å². The maximum Gasteiger partial charge on any atom is 0.326 e. The van der Waals surface area contributed by atoms with E-state index in [0.717, 1.165) is 16.5 Å². The van der Waals surface area contributed by atoms with Crippen LogP contribution in [0.3, 0.4) is 0 Å². The monoisotopic (exact) mass is 493 g/mol. The summed E-state index contributed by atoms with van der Waals surface area (Å²) in [5, 5.41) is 27.6. The second kappa shape index (κ2) is 10.5. The lowest BCUT2D eigenvalue weighted by molar-refractivity contribution is -0.139. The van der Waals surface area contributed by atoms with Crippen molar-refractivity contribution in [2.75, 3.05) is 16.8 Å². The van der Waals surface area contributed by atoms with E-state index in [9.17, 15) is 19.5 Å². The summed E-state index contributed by atoms with van der Waals surface area (Å²) in [4.78, 5) is 47.2. The topological polar surface area (TPSA) is 244 Å². The first-order valence-corrected chi connectivity index (χ1v) is 10.8. The first kappa shape index (κ1) is 24.1. The zero-order valence-corrected chi connectivity index (χ0v) is 18.9. The molecule has 186 valence electrons. The minimum atomic E-state index is -1.25. The van der Waals surface area contributed by atoms with Gasteiger partial charge in [-0.2, -0.15) is 15.2 Å². The second-order valence-corrected chi connectivity index (χ2v) is 7.89. The van der Waals surface area contributed by atoms with Crippen LogP contribution in [0.25, 0.3) is 11.0 Å². The number of fused-ring (bicyclic) bond motifs is 1. The third-order valence-electron chi connectivity index (χ3n) is 5.42. The van der Waals surface area contributed by atoms with Crippen molar-refractivity contribution in [2.45, 2.75) is 31.7 Å². The van der Waals surface area contributed by atoms with E-state index >= 15 is 0 Å². The van der Waals surface area contributed by atoms with E-state index < -0.39 is 23.8 Å². The number of carbonyl (C=O) groups excluding carboxylic acids is 2. The Morgan fingerprint density at radius 3 is 2.56 bits per heavy atom. The Kier molecular flexibility index (Phi) is 6.99. The fourth-order valence-electron chi connectivity index (χ4n) is 3.62. The number of nitrogens with two attached hydrogens (primary N) is 2. The average molecular weight is 493 g/mol. The Balaban J connectivity index is 1.32. The highest BCUT2D eigenvalue weighted by molar-refractivity contribution is 5.97. The molecule has 0 unspecified atom stereocenters. The van der Waals surface area contributed by atoms with Crippen LogP contribution in [-0.4, -0.2) is 64.5 Å². The third-order valence-corrected chi connectivity index (χ3v) is 5.42. The number of H-pyrrole nitrogens is 2. The molecule has 36 heavy (non-hydrogen) atoms. The molecule has 0 fully saturated rings. The maximum absolute atomic E-state index is 12.6. The summed E-state index contributed by atoms with van der Waals surface area (Å²) in [6.45, 7) is 0. The number of aromatic nitrogens is 7. The van der Waals surface area contributed by atoms with Gasteiger partial charge in [0.15, 0.2) is 0 Å². The number of hydrogen-bond donors (Lipinski definition) is 7. The normalized spacial score (nSPS) is 11.8. The Morgan fingerprint density at radius 2 is 1.86 bits per heavy atom. The van der Waals surface area contributed by atoms with Crippen molar-refractivity contribution in [3.05, 3.63) is 47.2 Å². The predicted octanol–water partition coefficient (Wildman–Crippen LogP) is 0.0225. The van der Waals surface area contributed by atoms with E-state index in [-0.39, 0.29) is 24.7 Å². The largest absolute Gasteiger partial charge is 0.480 e. The molecule has 4 rings (SSSR count). The van der Waals surface area contributed by atoms with Crippen molar-refractivity contribution in [1.29, 1.82) is 0 Å². The van der Waals surface area contributed by atoms with Crippen molar-refractivity contribution >= 4 is 46.5 Å². The summed E-state index contributed by atoms with van der Waals surface area (Å²) < 4.78 is 0. The van der Waals surface area contributed by atoms with E-state index in [0.29, 0.717) is 29.9 Å². The predicted molar refractivity (Wildman–Crippen MR) is 127 cm³/mol. The number of carboxylic acids is 1. The smallest absolute Gasteiger partial charge is 0.326 e. The number of amides is 2. The van der Waals surface area contributed by atoms with Gasteiger partial charge in [0.2, 0.25) is 11.9 Å². The summed E-state index contributed by atoms with van der Waals surface area (Å²) in [6, 6.07) is 5.54. The fourth-order valence-corrected chi connectivity index (χ4v) is 3.62. The molecule has 2 amide bonds. The highest BCUT2D eigenvalue weighted by atomic mass is 16.4. The molecule has 15 nitrogen and oxygen atoms in total. The Morgan fingerprint density at radius 1 is 1.08 bits per heavy atom. The van der Waals surface area contributed by atoms with E-state index in [1.54, 1.807) is 24.3 Å². The lowest BCUT2D eigenvalue weighted by atomic mass is 10.0. The molecular weight excluding hydrogens is 470 g/mol. The van der Waals surface area contributed by atoms with Gasteiger partial charge in [-0.25, -0.2) is 4.79 Å². The molecule has 0 radical (unpaired) electrons. The van der Waals surface area contributed by atoms with E-state index in [1.165, 1.54) is 0 Å². The van der Waals surface area contributed by atoms with Crippen molar-refractivity contribution in [1.82, 2.24) is 40.9 Å². The van der Waals surface area contributed by atoms with Gasteiger partial charge in [-0.3, -0.25) is 14.9 Å². The van der Waals surface area contributed by atoms with Gasteiger partial charge in [0, 0.05) is 18.2 Å². The Hall–Kier alpha value is -5.08. The number of rotatable bonds is 10. The number of benzene rings is 1. The molecule has 1 atom stereocenters. The Labute approximate surface area is 203 Å². The lowest BCUT2D eigenvalue weighted by Crippen LogP contribution is -2.41. The number of hydrogen-bond acceptors (Lipinski definition) is 10. The quantitative estimate of drug-likeness (QED) is 0.155. The molecular formula is C21H23N11O4. The van der Waals surface area contributed by atoms with Crippen LogP contribution in [0, 0.1) is 0 Å². The second-order valence-electron chi connectivity index (χ2n) is 7.89. The minimum Gasteiger partial charge on any atom is -0.480 e. The minimum absolute atomic E-state index is 0.0257. The van der Waals surface area contributed by atoms with Gasteiger partial charge in [0.05, 0.1) is 5.39 Å². The van der Waals surface area contributed by atoms with Crippen LogP contribution in [0.4, 0.5) is 17.7 Å². The zero-order valence-electron chi connectivity index (χ0n) is 18.9. The number of tetrazole rings is 1. The zero-order chi connectivity index (χ0) is 25.7. The van der Waals surface area contributed by atoms with Gasteiger partial charge in [-0.15, -0.1) is 5.10 Å². The molecule has 0 aliphatic carbocycles. The summed E-state index contributed by atoms with van der Waals surface area (Å²) in [5.74, 6) is -1.95. The first-order chi connectivity index (χ1) is 17.3. The molecule has 3 aromatic heterocycles. The number of anilines is 3. The van der Waals surface area contributed by atoms with Crippen LogP contribution in [0.15, 0.2) is 30.5 Å². The number of aromatic amines is 2. The van der Waals surface area contributed by atoms with Gasteiger partial charge in [0.25, 0.3) is 11.9 Å². The number of nitrogens with zero attached hydrogens (tertiary/aromatic N) is 5. The summed E-state index contributed by atoms with van der Waals surface area (Å²) >= 11 is 0. The fraction of sp³-hybridized carbons (Fsp3) is 0.238. The number of nitrogen functional groups attached to an aromatic ring is 2. The molecule has 0 saturated carbocycles. The molecule has 0 saturated heterocycles.